The summed E-state index contributed by atoms with van der Waals surface area (Å²) in [6.45, 7) is 4.20. The third-order valence-electron chi connectivity index (χ3n) is 2.37. The highest BCUT2D eigenvalue weighted by molar-refractivity contribution is 5.47. The number of nitrogens with one attached hydrogen (secondary N) is 1. The van der Waals surface area contributed by atoms with Gasteiger partial charge in [-0.3, -0.25) is 9.48 Å². The van der Waals surface area contributed by atoms with Crippen molar-refractivity contribution in [2.45, 2.75) is 20.3 Å². The number of hydrogen-bond donors (Lipinski definition) is 1. The summed E-state index contributed by atoms with van der Waals surface area (Å²) >= 11 is 0. The van der Waals surface area contributed by atoms with Crippen LogP contribution in [0.25, 0.3) is 11.5 Å². The number of rotatable bonds is 3. The molecule has 2 aromatic heterocycles. The second kappa shape index (κ2) is 4.53. The summed E-state index contributed by atoms with van der Waals surface area (Å²) in [5.41, 5.74) is 1.37. The first kappa shape index (κ1) is 11.6. The highest BCUT2D eigenvalue weighted by atomic mass is 16.1. The van der Waals surface area contributed by atoms with E-state index in [1.165, 1.54) is 0 Å². The molecule has 0 amide bonds. The normalized spacial score (nSPS) is 11.1. The maximum absolute atomic E-state index is 11.5. The Morgan fingerprint density at radius 2 is 2.24 bits per heavy atom. The largest absolute Gasteiger partial charge is 0.305 e. The molecule has 5 nitrogen and oxygen atoms in total. The molecule has 2 heterocycles. The van der Waals surface area contributed by atoms with E-state index in [1.807, 2.05) is 19.3 Å². The highest BCUT2D eigenvalue weighted by Crippen LogP contribution is 2.11. The minimum atomic E-state index is -0.128. The van der Waals surface area contributed by atoms with Gasteiger partial charge in [0, 0.05) is 25.0 Å². The summed E-state index contributed by atoms with van der Waals surface area (Å²) in [5.74, 6) is 1.01. The van der Waals surface area contributed by atoms with Crippen LogP contribution in [0.4, 0.5) is 0 Å². The fourth-order valence-corrected chi connectivity index (χ4v) is 1.69. The van der Waals surface area contributed by atoms with Gasteiger partial charge in [-0.05, 0) is 18.4 Å². The van der Waals surface area contributed by atoms with Gasteiger partial charge in [-0.25, -0.2) is 4.98 Å². The van der Waals surface area contributed by atoms with Gasteiger partial charge in [0.05, 0.1) is 0 Å². The molecule has 0 unspecified atom stereocenters. The van der Waals surface area contributed by atoms with Crippen LogP contribution < -0.4 is 5.56 Å². The smallest absolute Gasteiger partial charge is 0.251 e. The van der Waals surface area contributed by atoms with E-state index in [0.717, 1.165) is 12.1 Å². The molecule has 0 spiro atoms. The van der Waals surface area contributed by atoms with Crippen molar-refractivity contribution in [2.24, 2.45) is 13.0 Å². The maximum atomic E-state index is 11.5. The van der Waals surface area contributed by atoms with E-state index in [9.17, 15) is 4.79 Å². The van der Waals surface area contributed by atoms with Crippen LogP contribution in [0.3, 0.4) is 0 Å². The summed E-state index contributed by atoms with van der Waals surface area (Å²) < 4.78 is 1.68. The van der Waals surface area contributed by atoms with Crippen LogP contribution in [0, 0.1) is 5.92 Å². The first-order valence-corrected chi connectivity index (χ1v) is 5.65. The Bertz CT molecular complexity index is 568. The van der Waals surface area contributed by atoms with Crippen molar-refractivity contribution in [1.29, 1.82) is 0 Å². The third kappa shape index (κ3) is 2.81. The van der Waals surface area contributed by atoms with Gasteiger partial charge in [0.15, 0.2) is 5.82 Å². The van der Waals surface area contributed by atoms with Crippen molar-refractivity contribution < 1.29 is 0 Å². The molecule has 0 radical (unpaired) electrons. The molecule has 5 heteroatoms. The lowest BCUT2D eigenvalue weighted by atomic mass is 10.1. The summed E-state index contributed by atoms with van der Waals surface area (Å²) in [5, 5.41) is 4.23. The topological polar surface area (TPSA) is 63.6 Å². The number of H-pyrrole nitrogens is 1. The minimum Gasteiger partial charge on any atom is -0.305 e. The fraction of sp³-hybridized carbons (Fsp3) is 0.417. The molecule has 0 saturated heterocycles. The molecule has 0 bridgehead atoms. The van der Waals surface area contributed by atoms with Crippen LogP contribution in [0.2, 0.25) is 0 Å². The van der Waals surface area contributed by atoms with Crippen LogP contribution in [-0.4, -0.2) is 19.7 Å². The summed E-state index contributed by atoms with van der Waals surface area (Å²) in [6.07, 6.45) is 2.62. The molecule has 2 aromatic rings. The van der Waals surface area contributed by atoms with Gasteiger partial charge in [-0.2, -0.15) is 5.10 Å². The monoisotopic (exact) mass is 232 g/mol. The van der Waals surface area contributed by atoms with E-state index in [0.29, 0.717) is 17.4 Å². The van der Waals surface area contributed by atoms with E-state index in [2.05, 4.69) is 28.9 Å². The Balaban J connectivity index is 2.41. The van der Waals surface area contributed by atoms with Gasteiger partial charge < -0.3 is 4.98 Å². The molecule has 0 aliphatic heterocycles. The zero-order valence-electron chi connectivity index (χ0n) is 10.3. The van der Waals surface area contributed by atoms with Crippen LogP contribution in [-0.2, 0) is 13.5 Å². The lowest BCUT2D eigenvalue weighted by Gasteiger charge is -2.04. The second-order valence-electron chi connectivity index (χ2n) is 4.56. The molecule has 17 heavy (non-hydrogen) atoms. The number of nitrogens with zero attached hydrogens (tertiary/aromatic N) is 3. The van der Waals surface area contributed by atoms with Crippen molar-refractivity contribution in [3.63, 3.8) is 0 Å². The van der Waals surface area contributed by atoms with E-state index < -0.39 is 0 Å². The Kier molecular flexibility index (Phi) is 3.08. The molecule has 0 saturated carbocycles. The zero-order valence-corrected chi connectivity index (χ0v) is 10.3. The van der Waals surface area contributed by atoms with Crippen molar-refractivity contribution in [3.05, 3.63) is 34.4 Å². The molecule has 0 fully saturated rings. The Labute approximate surface area is 99.5 Å². The lowest BCUT2D eigenvalue weighted by Crippen LogP contribution is -2.12. The molecular weight excluding hydrogens is 216 g/mol. The van der Waals surface area contributed by atoms with Gasteiger partial charge in [-0.1, -0.05) is 13.8 Å². The molecule has 0 atom stereocenters. The molecule has 0 aromatic carbocycles. The van der Waals surface area contributed by atoms with E-state index in [1.54, 1.807) is 10.7 Å². The van der Waals surface area contributed by atoms with Crippen molar-refractivity contribution in [1.82, 2.24) is 19.7 Å². The average molecular weight is 232 g/mol. The van der Waals surface area contributed by atoms with Crippen molar-refractivity contribution in [2.75, 3.05) is 0 Å². The molecule has 0 aliphatic carbocycles. The molecular formula is C12H16N4O. The van der Waals surface area contributed by atoms with Gasteiger partial charge in [0.1, 0.15) is 5.69 Å². The van der Waals surface area contributed by atoms with E-state index in [-0.39, 0.29) is 5.56 Å². The third-order valence-corrected chi connectivity index (χ3v) is 2.37. The first-order chi connectivity index (χ1) is 8.04. The number of aromatic nitrogens is 4. The SMILES string of the molecule is CC(C)Cc1cc(=O)[nH]c(-c2ccn(C)n2)n1. The zero-order chi connectivity index (χ0) is 12.4. The van der Waals surface area contributed by atoms with Gasteiger partial charge >= 0.3 is 0 Å². The quantitative estimate of drug-likeness (QED) is 0.869. The van der Waals surface area contributed by atoms with Gasteiger partial charge in [0.2, 0.25) is 0 Å². The Morgan fingerprint density at radius 1 is 1.47 bits per heavy atom. The maximum Gasteiger partial charge on any atom is 0.251 e. The summed E-state index contributed by atoms with van der Waals surface area (Å²) in [7, 11) is 1.83. The summed E-state index contributed by atoms with van der Waals surface area (Å²) in [6, 6.07) is 3.38. The van der Waals surface area contributed by atoms with Gasteiger partial charge in [0.25, 0.3) is 5.56 Å². The van der Waals surface area contributed by atoms with Crippen molar-refractivity contribution >= 4 is 0 Å². The van der Waals surface area contributed by atoms with E-state index in [4.69, 9.17) is 0 Å². The lowest BCUT2D eigenvalue weighted by molar-refractivity contribution is 0.633. The number of hydrogen-bond acceptors (Lipinski definition) is 3. The Morgan fingerprint density at radius 3 is 2.82 bits per heavy atom. The predicted molar refractivity (Wildman–Crippen MR) is 65.6 cm³/mol. The second-order valence-corrected chi connectivity index (χ2v) is 4.56. The number of aromatic amines is 1. The van der Waals surface area contributed by atoms with Crippen LogP contribution in [0.5, 0.6) is 0 Å². The number of aryl methyl sites for hydroxylation is 1. The standard InChI is InChI=1S/C12H16N4O/c1-8(2)6-9-7-11(17)14-12(13-9)10-4-5-16(3)15-10/h4-5,7-8H,6H2,1-3H3,(H,13,14,17). The fourth-order valence-electron chi connectivity index (χ4n) is 1.69. The highest BCUT2D eigenvalue weighted by Gasteiger charge is 2.07. The first-order valence-electron chi connectivity index (χ1n) is 5.65. The molecule has 1 N–H and O–H groups in total. The van der Waals surface area contributed by atoms with Gasteiger partial charge in [-0.15, -0.1) is 0 Å². The summed E-state index contributed by atoms with van der Waals surface area (Å²) in [4.78, 5) is 18.7. The minimum absolute atomic E-state index is 0.128. The van der Waals surface area contributed by atoms with Crippen LogP contribution in [0.1, 0.15) is 19.5 Å². The molecule has 90 valence electrons. The predicted octanol–water partition coefficient (Wildman–Crippen LogP) is 1.37. The molecule has 0 aliphatic rings. The van der Waals surface area contributed by atoms with Crippen molar-refractivity contribution in [3.8, 4) is 11.5 Å². The Hall–Kier alpha value is -1.91. The molecule has 2 rings (SSSR count). The van der Waals surface area contributed by atoms with E-state index >= 15 is 0 Å². The van der Waals surface area contributed by atoms with Crippen LogP contribution >= 0.6 is 0 Å². The van der Waals surface area contributed by atoms with Crippen LogP contribution in [0.15, 0.2) is 23.1 Å². The average Bonchev–Trinajstić information content (AvgIpc) is 2.62.